The fourth-order valence-corrected chi connectivity index (χ4v) is 4.15. The SMILES string of the molecule is C[C@@H]1CCc2sc(C(=O)OCC(=O)NCCc3ccccc3)cc2C1. The number of nitrogens with one attached hydrogen (secondary N) is 1. The van der Waals surface area contributed by atoms with E-state index in [0.717, 1.165) is 24.8 Å². The van der Waals surface area contributed by atoms with E-state index in [9.17, 15) is 9.59 Å². The third-order valence-electron chi connectivity index (χ3n) is 4.44. The van der Waals surface area contributed by atoms with Crippen molar-refractivity contribution in [2.75, 3.05) is 13.2 Å². The van der Waals surface area contributed by atoms with Crippen LogP contribution in [0.15, 0.2) is 36.4 Å². The maximum Gasteiger partial charge on any atom is 0.348 e. The molecule has 1 amide bonds. The van der Waals surface area contributed by atoms with Gasteiger partial charge in [0.1, 0.15) is 4.88 Å². The van der Waals surface area contributed by atoms with Crippen molar-refractivity contribution in [3.05, 3.63) is 57.3 Å². The number of thiophene rings is 1. The van der Waals surface area contributed by atoms with Gasteiger partial charge in [0, 0.05) is 11.4 Å². The highest BCUT2D eigenvalue weighted by Crippen LogP contribution is 2.32. The molecule has 1 aliphatic rings. The summed E-state index contributed by atoms with van der Waals surface area (Å²) in [5, 5.41) is 2.78. The maximum atomic E-state index is 12.2. The normalized spacial score (nSPS) is 16.1. The van der Waals surface area contributed by atoms with Crippen LogP contribution in [0.1, 0.15) is 39.0 Å². The lowest BCUT2D eigenvalue weighted by Gasteiger charge is -2.16. The summed E-state index contributed by atoms with van der Waals surface area (Å²) >= 11 is 1.51. The molecule has 4 nitrogen and oxygen atoms in total. The second-order valence-electron chi connectivity index (χ2n) is 6.57. The number of esters is 1. The fourth-order valence-electron chi connectivity index (χ4n) is 3.05. The number of hydrogen-bond acceptors (Lipinski definition) is 4. The quantitative estimate of drug-likeness (QED) is 0.806. The first-order chi connectivity index (χ1) is 12.1. The highest BCUT2D eigenvalue weighted by Gasteiger charge is 2.21. The van der Waals surface area contributed by atoms with Crippen molar-refractivity contribution >= 4 is 23.2 Å². The summed E-state index contributed by atoms with van der Waals surface area (Å²) in [6.07, 6.45) is 4.00. The molecular weight excluding hydrogens is 334 g/mol. The number of ether oxygens (including phenoxy) is 1. The van der Waals surface area contributed by atoms with Gasteiger partial charge in [-0.05, 0) is 48.8 Å². The van der Waals surface area contributed by atoms with Gasteiger partial charge in [-0.1, -0.05) is 37.3 Å². The number of hydrogen-bond donors (Lipinski definition) is 1. The molecule has 2 aromatic rings. The minimum absolute atomic E-state index is 0.230. The lowest BCUT2D eigenvalue weighted by Crippen LogP contribution is -2.30. The van der Waals surface area contributed by atoms with Crippen molar-refractivity contribution in [2.24, 2.45) is 5.92 Å². The van der Waals surface area contributed by atoms with Crippen LogP contribution in [0.5, 0.6) is 0 Å². The van der Waals surface area contributed by atoms with E-state index < -0.39 is 5.97 Å². The summed E-state index contributed by atoms with van der Waals surface area (Å²) in [5.74, 6) is 0.00541. The second kappa shape index (κ2) is 8.30. The fraction of sp³-hybridized carbons (Fsp3) is 0.400. The maximum absolute atomic E-state index is 12.2. The first kappa shape index (κ1) is 17.7. The van der Waals surface area contributed by atoms with Crippen LogP contribution in [-0.4, -0.2) is 25.0 Å². The second-order valence-corrected chi connectivity index (χ2v) is 7.71. The van der Waals surface area contributed by atoms with Crippen molar-refractivity contribution in [1.82, 2.24) is 5.32 Å². The summed E-state index contributed by atoms with van der Waals surface area (Å²) in [4.78, 5) is 25.9. The molecular formula is C20H23NO3S. The lowest BCUT2D eigenvalue weighted by atomic mass is 9.90. The summed E-state index contributed by atoms with van der Waals surface area (Å²) in [6, 6.07) is 11.9. The van der Waals surface area contributed by atoms with E-state index in [0.29, 0.717) is 17.3 Å². The van der Waals surface area contributed by atoms with Crippen molar-refractivity contribution in [3.8, 4) is 0 Å². The van der Waals surface area contributed by atoms with Gasteiger partial charge in [-0.2, -0.15) is 0 Å². The Kier molecular flexibility index (Phi) is 5.87. The molecule has 1 heterocycles. The number of aryl methyl sites for hydroxylation is 1. The average Bonchev–Trinajstić information content (AvgIpc) is 3.04. The first-order valence-electron chi connectivity index (χ1n) is 8.71. The first-order valence-corrected chi connectivity index (χ1v) is 9.53. The standard InChI is InChI=1S/C20H23NO3S/c1-14-7-8-17-16(11-14)12-18(25-17)20(23)24-13-19(22)21-10-9-15-5-3-2-4-6-15/h2-6,12,14H,7-11,13H2,1H3,(H,21,22)/t14-/m1/s1. The van der Waals surface area contributed by atoms with Crippen LogP contribution in [0.2, 0.25) is 0 Å². The molecule has 1 aromatic carbocycles. The van der Waals surface area contributed by atoms with Gasteiger partial charge >= 0.3 is 5.97 Å². The lowest BCUT2D eigenvalue weighted by molar-refractivity contribution is -0.124. The van der Waals surface area contributed by atoms with E-state index in [4.69, 9.17) is 4.74 Å². The molecule has 1 N–H and O–H groups in total. The van der Waals surface area contributed by atoms with Crippen LogP contribution in [0.4, 0.5) is 0 Å². The molecule has 5 heteroatoms. The predicted molar refractivity (Wildman–Crippen MR) is 98.9 cm³/mol. The summed E-state index contributed by atoms with van der Waals surface area (Å²) in [7, 11) is 0. The zero-order valence-corrected chi connectivity index (χ0v) is 15.2. The number of carbonyl (C=O) groups is 2. The van der Waals surface area contributed by atoms with Crippen molar-refractivity contribution in [3.63, 3.8) is 0 Å². The molecule has 0 unspecified atom stereocenters. The van der Waals surface area contributed by atoms with Gasteiger partial charge in [0.25, 0.3) is 5.91 Å². The third kappa shape index (κ3) is 4.92. The predicted octanol–water partition coefficient (Wildman–Crippen LogP) is 3.39. The van der Waals surface area contributed by atoms with Gasteiger partial charge in [0.05, 0.1) is 0 Å². The molecule has 1 aliphatic carbocycles. The molecule has 0 saturated carbocycles. The Bertz CT molecular complexity index is 739. The van der Waals surface area contributed by atoms with Crippen LogP contribution in [-0.2, 0) is 28.8 Å². The number of amides is 1. The monoisotopic (exact) mass is 357 g/mol. The molecule has 3 rings (SSSR count). The summed E-state index contributed by atoms with van der Waals surface area (Å²) < 4.78 is 5.16. The molecule has 0 saturated heterocycles. The van der Waals surface area contributed by atoms with E-state index in [2.05, 4.69) is 12.2 Å². The van der Waals surface area contributed by atoms with Gasteiger partial charge < -0.3 is 10.1 Å². The number of carbonyl (C=O) groups excluding carboxylic acids is 2. The Morgan fingerprint density at radius 2 is 2.08 bits per heavy atom. The Morgan fingerprint density at radius 3 is 2.88 bits per heavy atom. The smallest absolute Gasteiger partial charge is 0.348 e. The average molecular weight is 357 g/mol. The minimum atomic E-state index is -0.398. The van der Waals surface area contributed by atoms with E-state index in [-0.39, 0.29) is 12.5 Å². The van der Waals surface area contributed by atoms with Crippen LogP contribution in [0, 0.1) is 5.92 Å². The van der Waals surface area contributed by atoms with Crippen molar-refractivity contribution in [1.29, 1.82) is 0 Å². The summed E-state index contributed by atoms with van der Waals surface area (Å²) in [6.45, 7) is 2.54. The van der Waals surface area contributed by atoms with Gasteiger partial charge in [-0.15, -0.1) is 11.3 Å². The van der Waals surface area contributed by atoms with Crippen LogP contribution < -0.4 is 5.32 Å². The van der Waals surface area contributed by atoms with E-state index in [1.165, 1.54) is 28.2 Å². The Hall–Kier alpha value is -2.14. The third-order valence-corrected chi connectivity index (χ3v) is 5.66. The topological polar surface area (TPSA) is 55.4 Å². The molecule has 0 aliphatic heterocycles. The molecule has 0 radical (unpaired) electrons. The number of fused-ring (bicyclic) bond motifs is 1. The summed E-state index contributed by atoms with van der Waals surface area (Å²) in [5.41, 5.74) is 2.43. The van der Waals surface area contributed by atoms with Crippen LogP contribution >= 0.6 is 11.3 Å². The molecule has 25 heavy (non-hydrogen) atoms. The molecule has 1 aromatic heterocycles. The van der Waals surface area contributed by atoms with Crippen LogP contribution in [0.3, 0.4) is 0 Å². The zero-order chi connectivity index (χ0) is 17.6. The number of rotatable bonds is 6. The van der Waals surface area contributed by atoms with Crippen molar-refractivity contribution < 1.29 is 14.3 Å². The molecule has 0 bridgehead atoms. The zero-order valence-electron chi connectivity index (χ0n) is 14.4. The minimum Gasteiger partial charge on any atom is -0.451 e. The number of benzene rings is 1. The van der Waals surface area contributed by atoms with Crippen LogP contribution in [0.25, 0.3) is 0 Å². The highest BCUT2D eigenvalue weighted by molar-refractivity contribution is 7.14. The largest absolute Gasteiger partial charge is 0.451 e. The molecule has 0 fully saturated rings. The van der Waals surface area contributed by atoms with Gasteiger partial charge in [-0.25, -0.2) is 4.79 Å². The van der Waals surface area contributed by atoms with Gasteiger partial charge in [-0.3, -0.25) is 4.79 Å². The Balaban J connectivity index is 1.42. The highest BCUT2D eigenvalue weighted by atomic mass is 32.1. The molecule has 1 atom stereocenters. The Morgan fingerprint density at radius 1 is 1.28 bits per heavy atom. The molecule has 132 valence electrons. The van der Waals surface area contributed by atoms with E-state index >= 15 is 0 Å². The van der Waals surface area contributed by atoms with E-state index in [1.54, 1.807) is 0 Å². The van der Waals surface area contributed by atoms with Gasteiger partial charge in [0.2, 0.25) is 0 Å². The van der Waals surface area contributed by atoms with E-state index in [1.807, 2.05) is 36.4 Å². The van der Waals surface area contributed by atoms with Crippen molar-refractivity contribution in [2.45, 2.75) is 32.6 Å². The van der Waals surface area contributed by atoms with Gasteiger partial charge in [0.15, 0.2) is 6.61 Å². The molecule has 0 spiro atoms. The Labute approximate surface area is 152 Å².